The third-order valence-corrected chi connectivity index (χ3v) is 1.15. The van der Waals surface area contributed by atoms with Gasteiger partial charge in [-0.15, -0.1) is 0 Å². The van der Waals surface area contributed by atoms with E-state index in [4.69, 9.17) is 0 Å². The van der Waals surface area contributed by atoms with Gasteiger partial charge in [0.15, 0.2) is 12.4 Å². The molecule has 0 spiro atoms. The summed E-state index contributed by atoms with van der Waals surface area (Å²) in [5.74, 6) is 0. The van der Waals surface area contributed by atoms with Crippen LogP contribution in [0.1, 0.15) is 13.8 Å². The second-order valence-corrected chi connectivity index (χ2v) is 2.01. The first kappa shape index (κ1) is 8.15. The number of hydrogen-bond acceptors (Lipinski definition) is 0. The average molecular weight is 124 g/mol. The highest BCUT2D eigenvalue weighted by Gasteiger charge is 1.86. The van der Waals surface area contributed by atoms with E-state index in [2.05, 4.69) is 19.6 Å². The van der Waals surface area contributed by atoms with Crippen molar-refractivity contribution in [2.45, 2.75) is 13.8 Å². The summed E-state index contributed by atoms with van der Waals surface area (Å²) in [5.41, 5.74) is 1.25. The zero-order chi connectivity index (χ0) is 7.28. The molecule has 0 aliphatic carbocycles. The Morgan fingerprint density at radius 3 is 2.44 bits per heavy atom. The summed E-state index contributed by atoms with van der Waals surface area (Å²) in [6.07, 6.45) is 5.85. The van der Waals surface area contributed by atoms with Gasteiger partial charge in [-0.1, -0.05) is 6.08 Å². The molecule has 0 aromatic heterocycles. The Hall–Kier alpha value is -0.850. The zero-order valence-corrected chi connectivity index (χ0v) is 6.39. The molecule has 0 aromatic carbocycles. The fraction of sp³-hybridized carbons (Fsp3) is 0.375. The van der Waals surface area contributed by atoms with Gasteiger partial charge in [-0.25, -0.2) is 4.58 Å². The molecule has 0 amide bonds. The van der Waals surface area contributed by atoms with Gasteiger partial charge < -0.3 is 0 Å². The predicted octanol–water partition coefficient (Wildman–Crippen LogP) is 1.81. The van der Waals surface area contributed by atoms with Crippen molar-refractivity contribution < 1.29 is 4.58 Å². The molecule has 1 heteroatoms. The van der Waals surface area contributed by atoms with Gasteiger partial charge in [0.25, 0.3) is 0 Å². The van der Waals surface area contributed by atoms with Crippen molar-refractivity contribution in [2.24, 2.45) is 0 Å². The maximum absolute atomic E-state index is 3.62. The van der Waals surface area contributed by atoms with Gasteiger partial charge in [0.1, 0.15) is 7.05 Å². The average Bonchev–Trinajstić information content (AvgIpc) is 1.87. The summed E-state index contributed by atoms with van der Waals surface area (Å²) >= 11 is 0. The molecule has 9 heavy (non-hydrogen) atoms. The molecule has 0 bridgehead atoms. The van der Waals surface area contributed by atoms with Crippen LogP contribution in [0, 0.1) is 0 Å². The largest absolute Gasteiger partial charge is 0.208 e. The van der Waals surface area contributed by atoms with Gasteiger partial charge in [0.05, 0.1) is 0 Å². The predicted molar refractivity (Wildman–Crippen MR) is 41.9 cm³/mol. The molecule has 0 heterocycles. The second kappa shape index (κ2) is 4.07. The highest BCUT2D eigenvalue weighted by atomic mass is 14.9. The zero-order valence-electron chi connectivity index (χ0n) is 6.39. The number of allylic oxidation sites excluding steroid dienone is 2. The van der Waals surface area contributed by atoms with Gasteiger partial charge in [0.2, 0.25) is 0 Å². The first-order chi connectivity index (χ1) is 4.20. The van der Waals surface area contributed by atoms with Crippen LogP contribution in [0.4, 0.5) is 0 Å². The summed E-state index contributed by atoms with van der Waals surface area (Å²) in [5, 5.41) is 0. The van der Waals surface area contributed by atoms with Crippen LogP contribution in [0.15, 0.2) is 24.4 Å². The first-order valence-corrected chi connectivity index (χ1v) is 3.03. The fourth-order valence-electron chi connectivity index (χ4n) is 0.448. The maximum atomic E-state index is 3.62. The number of hydrogen-bond donors (Lipinski definition) is 0. The van der Waals surface area contributed by atoms with E-state index in [1.54, 1.807) is 6.20 Å². The van der Waals surface area contributed by atoms with Gasteiger partial charge in [-0.3, -0.25) is 0 Å². The Bertz CT molecular complexity index is 152. The SMILES string of the molecule is C=C/[N+](C)=C\C(C)=C/C. The molecule has 0 unspecified atom stereocenters. The van der Waals surface area contributed by atoms with Crippen molar-refractivity contribution in [1.29, 1.82) is 0 Å². The van der Waals surface area contributed by atoms with Crippen molar-refractivity contribution in [2.75, 3.05) is 7.05 Å². The van der Waals surface area contributed by atoms with Crippen molar-refractivity contribution >= 4 is 6.21 Å². The molecule has 0 aromatic rings. The van der Waals surface area contributed by atoms with Crippen molar-refractivity contribution in [3.63, 3.8) is 0 Å². The molecule has 0 fully saturated rings. The lowest BCUT2D eigenvalue weighted by atomic mass is 10.3. The molecule has 0 atom stereocenters. The van der Waals surface area contributed by atoms with Crippen LogP contribution in [0.3, 0.4) is 0 Å². The van der Waals surface area contributed by atoms with E-state index in [0.717, 1.165) is 0 Å². The minimum atomic E-state index is 1.25. The van der Waals surface area contributed by atoms with E-state index < -0.39 is 0 Å². The lowest BCUT2D eigenvalue weighted by Gasteiger charge is -1.85. The van der Waals surface area contributed by atoms with Crippen LogP contribution in [0.25, 0.3) is 0 Å². The topological polar surface area (TPSA) is 3.01 Å². The highest BCUT2D eigenvalue weighted by Crippen LogP contribution is 1.84. The maximum Gasteiger partial charge on any atom is 0.171 e. The fourth-order valence-corrected chi connectivity index (χ4v) is 0.448. The lowest BCUT2D eigenvalue weighted by Crippen LogP contribution is -1.97. The molecule has 50 valence electrons. The molecule has 0 radical (unpaired) electrons. The molecular formula is C8H14N+. The Kier molecular flexibility index (Phi) is 3.69. The molecule has 0 aliphatic heterocycles. The minimum Gasteiger partial charge on any atom is -0.208 e. The quantitative estimate of drug-likeness (QED) is 0.390. The normalized spacial score (nSPS) is 13.7. The van der Waals surface area contributed by atoms with Crippen LogP contribution in [0.2, 0.25) is 0 Å². The van der Waals surface area contributed by atoms with Crippen LogP contribution in [0.5, 0.6) is 0 Å². The van der Waals surface area contributed by atoms with Gasteiger partial charge in [-0.05, 0) is 20.4 Å². The minimum absolute atomic E-state index is 1.25. The van der Waals surface area contributed by atoms with E-state index in [1.165, 1.54) is 5.57 Å². The van der Waals surface area contributed by atoms with E-state index >= 15 is 0 Å². The summed E-state index contributed by atoms with van der Waals surface area (Å²) in [6, 6.07) is 0. The van der Waals surface area contributed by atoms with Crippen molar-refractivity contribution in [3.05, 3.63) is 24.4 Å². The van der Waals surface area contributed by atoms with Crippen molar-refractivity contribution in [1.82, 2.24) is 0 Å². The third kappa shape index (κ3) is 3.71. The molecule has 0 rings (SSSR count). The molecule has 0 N–H and O–H groups in total. The Labute approximate surface area is 57.0 Å². The molecule has 0 saturated heterocycles. The summed E-state index contributed by atoms with van der Waals surface area (Å²) in [6.45, 7) is 7.69. The van der Waals surface area contributed by atoms with Gasteiger partial charge in [-0.2, -0.15) is 0 Å². The summed E-state index contributed by atoms with van der Waals surface area (Å²) in [4.78, 5) is 0. The molecular weight excluding hydrogens is 110 g/mol. The Morgan fingerprint density at radius 1 is 1.56 bits per heavy atom. The van der Waals surface area contributed by atoms with Crippen LogP contribution in [-0.2, 0) is 0 Å². The smallest absolute Gasteiger partial charge is 0.171 e. The summed E-state index contributed by atoms with van der Waals surface area (Å²) < 4.78 is 1.93. The molecule has 1 nitrogen and oxygen atoms in total. The van der Waals surface area contributed by atoms with E-state index in [1.807, 2.05) is 24.8 Å². The Morgan fingerprint density at radius 2 is 2.11 bits per heavy atom. The van der Waals surface area contributed by atoms with Crippen LogP contribution < -0.4 is 0 Å². The van der Waals surface area contributed by atoms with Gasteiger partial charge in [0, 0.05) is 5.57 Å². The Balaban J connectivity index is 4.11. The third-order valence-electron chi connectivity index (χ3n) is 1.15. The molecule has 0 aliphatic rings. The number of rotatable bonds is 2. The first-order valence-electron chi connectivity index (χ1n) is 3.03. The number of nitrogens with zero attached hydrogens (tertiary/aromatic N) is 1. The summed E-state index contributed by atoms with van der Waals surface area (Å²) in [7, 11) is 1.96. The van der Waals surface area contributed by atoms with Crippen molar-refractivity contribution in [3.8, 4) is 0 Å². The lowest BCUT2D eigenvalue weighted by molar-refractivity contribution is -0.415. The van der Waals surface area contributed by atoms with E-state index in [9.17, 15) is 0 Å². The standard InChI is InChI=1S/C8H14N/c1-5-8(3)7-9(4)6-2/h5-7H,2H2,1,3-4H3/q+1/b8-5-,9-7-. The molecule has 0 saturated carbocycles. The van der Waals surface area contributed by atoms with E-state index in [0.29, 0.717) is 0 Å². The highest BCUT2D eigenvalue weighted by molar-refractivity contribution is 5.73. The monoisotopic (exact) mass is 124 g/mol. The van der Waals surface area contributed by atoms with Gasteiger partial charge >= 0.3 is 0 Å². The van der Waals surface area contributed by atoms with Crippen LogP contribution in [-0.4, -0.2) is 17.8 Å². The van der Waals surface area contributed by atoms with Crippen LogP contribution >= 0.6 is 0 Å². The second-order valence-electron chi connectivity index (χ2n) is 2.01. The van der Waals surface area contributed by atoms with E-state index in [-0.39, 0.29) is 0 Å².